The number of allylic oxidation sites excluding steroid dienone is 1. The summed E-state index contributed by atoms with van der Waals surface area (Å²) in [5.74, 6) is 0. The second kappa shape index (κ2) is 22.9. The highest BCUT2D eigenvalue weighted by molar-refractivity contribution is 6.35. The standard InChI is InChI=1S/C4H12Si.C3H6.CH6Si/c1-4(2)5-3;1-3-2;1-2/h4H,5H2,1-3H3;3H,1H2,2H3;1-2H3. The van der Waals surface area contributed by atoms with Crippen LogP contribution in [0.15, 0.2) is 12.7 Å². The Kier molecular flexibility index (Phi) is 38.1. The molecular formula is C8H24Si2. The first-order chi connectivity index (χ1) is 4.68. The summed E-state index contributed by atoms with van der Waals surface area (Å²) in [6, 6.07) is 0. The van der Waals surface area contributed by atoms with E-state index in [4.69, 9.17) is 0 Å². The molecule has 0 aromatic carbocycles. The summed E-state index contributed by atoms with van der Waals surface area (Å²) in [6.07, 6.45) is 1.75. The fourth-order valence-corrected chi connectivity index (χ4v) is 0. The normalized spacial score (nSPS) is 8.20. The van der Waals surface area contributed by atoms with E-state index in [1.54, 1.807) is 6.08 Å². The molecule has 0 rings (SSSR count). The van der Waals surface area contributed by atoms with E-state index in [9.17, 15) is 0 Å². The molecule has 2 heteroatoms. The lowest BCUT2D eigenvalue weighted by atomic mass is 10.6. The molecule has 0 unspecified atom stereocenters. The molecular weight excluding hydrogens is 152 g/mol. The van der Waals surface area contributed by atoms with E-state index in [0.717, 1.165) is 5.54 Å². The Bertz CT molecular complexity index is 42.5. The lowest BCUT2D eigenvalue weighted by molar-refractivity contribution is 1.06. The van der Waals surface area contributed by atoms with E-state index in [1.165, 1.54) is 10.2 Å². The van der Waals surface area contributed by atoms with Gasteiger partial charge in [-0.3, -0.25) is 0 Å². The molecule has 0 fully saturated rings. The summed E-state index contributed by atoms with van der Waals surface area (Å²) in [4.78, 5) is 0. The molecule has 0 heterocycles. The predicted molar refractivity (Wildman–Crippen MR) is 61.2 cm³/mol. The average molecular weight is 176 g/mol. The van der Waals surface area contributed by atoms with Crippen molar-refractivity contribution in [1.82, 2.24) is 0 Å². The van der Waals surface area contributed by atoms with Crippen LogP contribution < -0.4 is 0 Å². The molecule has 10 heavy (non-hydrogen) atoms. The van der Waals surface area contributed by atoms with Crippen LogP contribution in [0.2, 0.25) is 18.6 Å². The fraction of sp³-hybridized carbons (Fsp3) is 0.750. The van der Waals surface area contributed by atoms with Gasteiger partial charge in [0.15, 0.2) is 0 Å². The molecule has 0 N–H and O–H groups in total. The summed E-state index contributed by atoms with van der Waals surface area (Å²) in [6.45, 7) is 14.3. The summed E-state index contributed by atoms with van der Waals surface area (Å²) in [5, 5.41) is 0. The third-order valence-corrected chi connectivity index (χ3v) is 2.45. The zero-order valence-corrected chi connectivity index (χ0v) is 12.0. The number of rotatable bonds is 1. The van der Waals surface area contributed by atoms with E-state index < -0.39 is 0 Å². The highest BCUT2D eigenvalue weighted by Crippen LogP contribution is 1.92. The Morgan fingerprint density at radius 3 is 1.50 bits per heavy atom. The first-order valence-electron chi connectivity index (χ1n) is 4.26. The van der Waals surface area contributed by atoms with Gasteiger partial charge in [0.25, 0.3) is 0 Å². The second-order valence-electron chi connectivity index (χ2n) is 2.21. The Morgan fingerprint density at radius 1 is 1.40 bits per heavy atom. The highest BCUT2D eigenvalue weighted by Gasteiger charge is 1.81. The maximum atomic E-state index is 3.36. The van der Waals surface area contributed by atoms with Crippen molar-refractivity contribution in [3.63, 3.8) is 0 Å². The monoisotopic (exact) mass is 176 g/mol. The van der Waals surface area contributed by atoms with Crippen molar-refractivity contribution in [1.29, 1.82) is 0 Å². The Hall–Kier alpha value is 0.174. The van der Waals surface area contributed by atoms with Crippen LogP contribution in [0.4, 0.5) is 0 Å². The summed E-state index contributed by atoms with van der Waals surface area (Å²) in [7, 11) is 1.65. The van der Waals surface area contributed by atoms with Crippen molar-refractivity contribution < 1.29 is 0 Å². The molecule has 0 radical (unpaired) electrons. The van der Waals surface area contributed by atoms with Crippen LogP contribution >= 0.6 is 0 Å². The van der Waals surface area contributed by atoms with E-state index >= 15 is 0 Å². The number of hydrogen-bond donors (Lipinski definition) is 0. The van der Waals surface area contributed by atoms with E-state index in [1.807, 2.05) is 6.92 Å². The van der Waals surface area contributed by atoms with E-state index in [0.29, 0.717) is 9.52 Å². The first kappa shape index (κ1) is 16.6. The smallest absolute Gasteiger partial charge is 0.0194 e. The molecule has 0 atom stereocenters. The van der Waals surface area contributed by atoms with Gasteiger partial charge in [-0.1, -0.05) is 38.6 Å². The van der Waals surface area contributed by atoms with Gasteiger partial charge in [0.1, 0.15) is 0 Å². The first-order valence-corrected chi connectivity index (χ1v) is 8.49. The van der Waals surface area contributed by atoms with Gasteiger partial charge in [-0.2, -0.15) is 0 Å². The van der Waals surface area contributed by atoms with Crippen molar-refractivity contribution in [2.75, 3.05) is 0 Å². The third-order valence-electron chi connectivity index (χ3n) is 0.816. The zero-order chi connectivity index (χ0) is 8.99. The van der Waals surface area contributed by atoms with E-state index in [2.05, 4.69) is 33.5 Å². The van der Waals surface area contributed by atoms with Crippen LogP contribution in [0, 0.1) is 0 Å². The Labute approximate surface area is 72.4 Å². The second-order valence-corrected chi connectivity index (χ2v) is 4.66. The van der Waals surface area contributed by atoms with Gasteiger partial charge >= 0.3 is 0 Å². The largest absolute Gasteiger partial charge is 0.103 e. The van der Waals surface area contributed by atoms with Gasteiger partial charge in [0.2, 0.25) is 0 Å². The van der Waals surface area contributed by atoms with Gasteiger partial charge in [0.05, 0.1) is 0 Å². The molecule has 0 amide bonds. The lowest BCUT2D eigenvalue weighted by Gasteiger charge is -1.89. The predicted octanol–water partition coefficient (Wildman–Crippen LogP) is 1.62. The molecule has 0 saturated carbocycles. The molecule has 0 aliphatic heterocycles. The highest BCUT2D eigenvalue weighted by atomic mass is 28.2. The SMILES string of the molecule is C=CC.C[SiH2]C(C)C.C[SiH3]. The minimum atomic E-state index is 0.349. The Balaban J connectivity index is -0.0000000847. The maximum Gasteiger partial charge on any atom is 0.0194 e. The van der Waals surface area contributed by atoms with Gasteiger partial charge in [-0.15, -0.1) is 6.58 Å². The zero-order valence-electron chi connectivity index (χ0n) is 8.57. The maximum absolute atomic E-state index is 3.36. The minimum Gasteiger partial charge on any atom is -0.103 e. The molecule has 0 bridgehead atoms. The average Bonchev–Trinajstić information content (AvgIpc) is 1.94. The van der Waals surface area contributed by atoms with Crippen LogP contribution in [0.5, 0.6) is 0 Å². The molecule has 0 aromatic heterocycles. The van der Waals surface area contributed by atoms with Crippen molar-refractivity contribution in [3.8, 4) is 0 Å². The third kappa shape index (κ3) is 89.0. The molecule has 0 saturated heterocycles. The fourth-order valence-electron chi connectivity index (χ4n) is 0. The summed E-state index contributed by atoms with van der Waals surface area (Å²) in [5.41, 5.74) is 1.02. The summed E-state index contributed by atoms with van der Waals surface area (Å²) < 4.78 is 0. The van der Waals surface area contributed by atoms with Crippen LogP contribution in [0.3, 0.4) is 0 Å². The van der Waals surface area contributed by atoms with Crippen LogP contribution in [-0.4, -0.2) is 19.8 Å². The number of hydrogen-bond acceptors (Lipinski definition) is 0. The lowest BCUT2D eigenvalue weighted by Crippen LogP contribution is -1.83. The van der Waals surface area contributed by atoms with Crippen LogP contribution in [0.25, 0.3) is 0 Å². The molecule has 0 aromatic rings. The topological polar surface area (TPSA) is 0 Å². The van der Waals surface area contributed by atoms with E-state index in [-0.39, 0.29) is 0 Å². The molecule has 0 spiro atoms. The molecule has 0 aliphatic carbocycles. The minimum absolute atomic E-state index is 0.349. The van der Waals surface area contributed by atoms with Gasteiger partial charge < -0.3 is 0 Å². The van der Waals surface area contributed by atoms with Gasteiger partial charge in [0, 0.05) is 9.52 Å². The van der Waals surface area contributed by atoms with Gasteiger partial charge in [-0.25, -0.2) is 0 Å². The van der Waals surface area contributed by atoms with Crippen molar-refractivity contribution >= 4 is 19.8 Å². The van der Waals surface area contributed by atoms with Gasteiger partial charge in [-0.05, 0) is 17.2 Å². The molecule has 0 aliphatic rings. The van der Waals surface area contributed by atoms with Crippen molar-refractivity contribution in [2.45, 2.75) is 39.4 Å². The van der Waals surface area contributed by atoms with Crippen molar-refractivity contribution in [3.05, 3.63) is 12.7 Å². The quantitative estimate of drug-likeness (QED) is 0.421. The van der Waals surface area contributed by atoms with Crippen LogP contribution in [0.1, 0.15) is 20.8 Å². The van der Waals surface area contributed by atoms with Crippen LogP contribution in [-0.2, 0) is 0 Å². The Morgan fingerprint density at radius 2 is 1.50 bits per heavy atom. The van der Waals surface area contributed by atoms with Crippen molar-refractivity contribution in [2.24, 2.45) is 0 Å². The summed E-state index contributed by atoms with van der Waals surface area (Å²) >= 11 is 0. The molecule has 64 valence electrons. The molecule has 0 nitrogen and oxygen atoms in total.